The molecule has 1 N–H and O–H groups in total. The van der Waals surface area contributed by atoms with E-state index in [1.165, 1.54) is 27.7 Å². The first-order chi connectivity index (χ1) is 11.9. The van der Waals surface area contributed by atoms with E-state index in [-0.39, 0.29) is 18.1 Å². The highest BCUT2D eigenvalue weighted by Gasteiger charge is 2.13. The van der Waals surface area contributed by atoms with Crippen molar-refractivity contribution in [2.45, 2.75) is 6.67 Å². The van der Waals surface area contributed by atoms with E-state index in [1.54, 1.807) is 18.3 Å². The number of hydrogen-bond donors (Lipinski definition) is 1. The standard InChI is InChI=1S/C14H10Cl2N6O3/c15-9-1-2-12(11(16)5-9)18-14(23)13-3-4-20(19-13)8-21-7-10(6-17-21)22(24)25/h1-7H,8H2,(H,18,23). The molecule has 0 fully saturated rings. The summed E-state index contributed by atoms with van der Waals surface area (Å²) in [5, 5.41) is 22.0. The molecular weight excluding hydrogens is 371 g/mol. The maximum Gasteiger partial charge on any atom is 0.307 e. The van der Waals surface area contributed by atoms with E-state index in [1.807, 2.05) is 0 Å². The number of benzene rings is 1. The van der Waals surface area contributed by atoms with Gasteiger partial charge < -0.3 is 5.32 Å². The molecule has 11 heteroatoms. The molecule has 2 aromatic heterocycles. The van der Waals surface area contributed by atoms with Crippen LogP contribution in [0.5, 0.6) is 0 Å². The summed E-state index contributed by atoms with van der Waals surface area (Å²) in [6.07, 6.45) is 3.97. The molecule has 1 amide bonds. The van der Waals surface area contributed by atoms with Gasteiger partial charge in [-0.3, -0.25) is 19.6 Å². The van der Waals surface area contributed by atoms with Crippen molar-refractivity contribution in [2.75, 3.05) is 5.32 Å². The van der Waals surface area contributed by atoms with Crippen molar-refractivity contribution in [1.82, 2.24) is 19.6 Å². The van der Waals surface area contributed by atoms with Crippen molar-refractivity contribution in [3.63, 3.8) is 0 Å². The molecule has 0 spiro atoms. The van der Waals surface area contributed by atoms with Gasteiger partial charge in [-0.1, -0.05) is 23.2 Å². The quantitative estimate of drug-likeness (QED) is 0.540. The zero-order chi connectivity index (χ0) is 18.0. The molecular formula is C14H10Cl2N6O3. The molecule has 25 heavy (non-hydrogen) atoms. The molecule has 0 aliphatic rings. The van der Waals surface area contributed by atoms with Crippen LogP contribution in [0.4, 0.5) is 11.4 Å². The third-order valence-electron chi connectivity index (χ3n) is 3.17. The number of hydrogen-bond acceptors (Lipinski definition) is 5. The maximum absolute atomic E-state index is 12.2. The predicted molar refractivity (Wildman–Crippen MR) is 90.9 cm³/mol. The average Bonchev–Trinajstić information content (AvgIpc) is 3.20. The van der Waals surface area contributed by atoms with E-state index < -0.39 is 10.8 Å². The predicted octanol–water partition coefficient (Wildman–Crippen LogP) is 3.05. The Labute approximate surface area is 150 Å². The molecule has 1 aromatic carbocycles. The highest BCUT2D eigenvalue weighted by atomic mass is 35.5. The van der Waals surface area contributed by atoms with Crippen LogP contribution in [-0.2, 0) is 6.67 Å². The zero-order valence-corrected chi connectivity index (χ0v) is 14.0. The molecule has 0 atom stereocenters. The molecule has 0 saturated heterocycles. The van der Waals surface area contributed by atoms with Crippen LogP contribution in [-0.4, -0.2) is 30.4 Å². The molecule has 0 bridgehead atoms. The second kappa shape index (κ2) is 6.91. The van der Waals surface area contributed by atoms with Crippen molar-refractivity contribution in [3.8, 4) is 0 Å². The Morgan fingerprint density at radius 3 is 2.76 bits per heavy atom. The summed E-state index contributed by atoms with van der Waals surface area (Å²) < 4.78 is 2.76. The average molecular weight is 381 g/mol. The molecule has 128 valence electrons. The van der Waals surface area contributed by atoms with Gasteiger partial charge in [-0.05, 0) is 24.3 Å². The van der Waals surface area contributed by atoms with Crippen molar-refractivity contribution in [3.05, 3.63) is 68.7 Å². The number of halogens is 2. The maximum atomic E-state index is 12.2. The van der Waals surface area contributed by atoms with Crippen LogP contribution in [0.3, 0.4) is 0 Å². The fourth-order valence-corrected chi connectivity index (χ4v) is 2.47. The Balaban J connectivity index is 1.69. The van der Waals surface area contributed by atoms with Gasteiger partial charge in [0.15, 0.2) is 5.69 Å². The summed E-state index contributed by atoms with van der Waals surface area (Å²) >= 11 is 11.8. The monoisotopic (exact) mass is 380 g/mol. The number of anilines is 1. The minimum absolute atomic E-state index is 0.123. The van der Waals surface area contributed by atoms with Crippen LogP contribution < -0.4 is 5.32 Å². The lowest BCUT2D eigenvalue weighted by atomic mass is 10.3. The van der Waals surface area contributed by atoms with Gasteiger partial charge >= 0.3 is 5.69 Å². The van der Waals surface area contributed by atoms with Gasteiger partial charge in [0, 0.05) is 11.2 Å². The number of carbonyl (C=O) groups is 1. The lowest BCUT2D eigenvalue weighted by molar-refractivity contribution is -0.385. The minimum atomic E-state index is -0.540. The van der Waals surface area contributed by atoms with Crippen LogP contribution in [0.15, 0.2) is 42.9 Å². The van der Waals surface area contributed by atoms with Crippen LogP contribution in [0.25, 0.3) is 0 Å². The van der Waals surface area contributed by atoms with Crippen LogP contribution in [0.1, 0.15) is 10.5 Å². The molecule has 2 heterocycles. The van der Waals surface area contributed by atoms with E-state index in [9.17, 15) is 14.9 Å². The SMILES string of the molecule is O=C(Nc1ccc(Cl)cc1Cl)c1ccn(Cn2cc([N+](=O)[O-])cn2)n1. The summed E-state index contributed by atoms with van der Waals surface area (Å²) in [4.78, 5) is 22.3. The topological polar surface area (TPSA) is 108 Å². The first kappa shape index (κ1) is 16.9. The lowest BCUT2D eigenvalue weighted by Crippen LogP contribution is -2.15. The smallest absolute Gasteiger partial charge is 0.307 e. The number of amides is 1. The van der Waals surface area contributed by atoms with Gasteiger partial charge in [0.2, 0.25) is 0 Å². The number of rotatable bonds is 5. The number of aromatic nitrogens is 4. The van der Waals surface area contributed by atoms with E-state index in [0.29, 0.717) is 15.7 Å². The Bertz CT molecular complexity index is 952. The van der Waals surface area contributed by atoms with E-state index in [2.05, 4.69) is 15.5 Å². The van der Waals surface area contributed by atoms with E-state index >= 15 is 0 Å². The summed E-state index contributed by atoms with van der Waals surface area (Å²) in [6.45, 7) is 0.128. The van der Waals surface area contributed by atoms with E-state index in [4.69, 9.17) is 23.2 Å². The second-order valence-corrected chi connectivity index (χ2v) is 5.80. The number of carbonyl (C=O) groups excluding carboxylic acids is 1. The zero-order valence-electron chi connectivity index (χ0n) is 12.5. The highest BCUT2D eigenvalue weighted by molar-refractivity contribution is 6.36. The van der Waals surface area contributed by atoms with E-state index in [0.717, 1.165) is 6.20 Å². The van der Waals surface area contributed by atoms with Crippen LogP contribution in [0, 0.1) is 10.1 Å². The third kappa shape index (κ3) is 3.95. The highest BCUT2D eigenvalue weighted by Crippen LogP contribution is 2.25. The molecule has 9 nitrogen and oxygen atoms in total. The number of nitrogens with one attached hydrogen (secondary N) is 1. The third-order valence-corrected chi connectivity index (χ3v) is 3.72. The molecule has 0 unspecified atom stereocenters. The van der Waals surface area contributed by atoms with Crippen LogP contribution in [0.2, 0.25) is 10.0 Å². The molecule has 0 saturated carbocycles. The number of nitro groups is 1. The molecule has 0 radical (unpaired) electrons. The Hall–Kier alpha value is -2.91. The van der Waals surface area contributed by atoms with Crippen molar-refractivity contribution >= 4 is 40.5 Å². The fourth-order valence-electron chi connectivity index (χ4n) is 2.01. The molecule has 3 aromatic rings. The largest absolute Gasteiger partial charge is 0.319 e. The molecule has 3 rings (SSSR count). The van der Waals surface area contributed by atoms with Gasteiger partial charge in [-0.15, -0.1) is 0 Å². The summed E-state index contributed by atoms with van der Waals surface area (Å²) in [5.41, 5.74) is 0.448. The molecule has 0 aliphatic heterocycles. The van der Waals surface area contributed by atoms with Gasteiger partial charge in [0.05, 0.1) is 15.6 Å². The lowest BCUT2D eigenvalue weighted by Gasteiger charge is -2.06. The fraction of sp³-hybridized carbons (Fsp3) is 0.0714. The van der Waals surface area contributed by atoms with Crippen molar-refractivity contribution in [2.24, 2.45) is 0 Å². The van der Waals surface area contributed by atoms with Gasteiger partial charge in [-0.25, -0.2) is 4.68 Å². The van der Waals surface area contributed by atoms with Crippen molar-refractivity contribution < 1.29 is 9.72 Å². The minimum Gasteiger partial charge on any atom is -0.319 e. The number of nitrogens with zero attached hydrogens (tertiary/aromatic N) is 5. The first-order valence-electron chi connectivity index (χ1n) is 6.89. The summed E-state index contributed by atoms with van der Waals surface area (Å²) in [7, 11) is 0. The summed E-state index contributed by atoms with van der Waals surface area (Å²) in [6, 6.07) is 6.22. The van der Waals surface area contributed by atoms with Gasteiger partial charge in [0.25, 0.3) is 5.91 Å². The first-order valence-corrected chi connectivity index (χ1v) is 7.64. The normalized spacial score (nSPS) is 10.6. The summed E-state index contributed by atoms with van der Waals surface area (Å²) in [5.74, 6) is -0.450. The Morgan fingerprint density at radius 1 is 1.28 bits per heavy atom. The van der Waals surface area contributed by atoms with Gasteiger partial charge in [-0.2, -0.15) is 10.2 Å². The van der Waals surface area contributed by atoms with Crippen LogP contribution >= 0.6 is 23.2 Å². The molecule has 0 aliphatic carbocycles. The van der Waals surface area contributed by atoms with Crippen molar-refractivity contribution in [1.29, 1.82) is 0 Å². The second-order valence-electron chi connectivity index (χ2n) is 4.96. The Morgan fingerprint density at radius 2 is 2.08 bits per heavy atom. The Kier molecular flexibility index (Phi) is 4.68. The van der Waals surface area contributed by atoms with Gasteiger partial charge in [0.1, 0.15) is 19.1 Å².